The molecule has 1 fully saturated rings. The molecule has 1 aliphatic heterocycles. The van der Waals surface area contributed by atoms with Crippen LogP contribution in [0.15, 0.2) is 54.7 Å². The maximum absolute atomic E-state index is 12.7. The van der Waals surface area contributed by atoms with E-state index < -0.39 is 0 Å². The monoisotopic (exact) mass is 430 g/mol. The number of fused-ring (bicyclic) bond motifs is 1. The fourth-order valence-corrected chi connectivity index (χ4v) is 4.61. The van der Waals surface area contributed by atoms with Gasteiger partial charge in [0.1, 0.15) is 11.5 Å². The number of carbonyl (C=O) groups is 1. The lowest BCUT2D eigenvalue weighted by molar-refractivity contribution is 0.0962. The molecule has 1 aromatic heterocycles. The second-order valence-corrected chi connectivity index (χ2v) is 8.29. The minimum absolute atomic E-state index is 0.0360. The first-order chi connectivity index (χ1) is 15.6. The maximum atomic E-state index is 12.7. The van der Waals surface area contributed by atoms with E-state index in [1.54, 1.807) is 25.4 Å². The van der Waals surface area contributed by atoms with Crippen LogP contribution in [0.3, 0.4) is 0 Å². The van der Waals surface area contributed by atoms with Crippen molar-refractivity contribution in [3.63, 3.8) is 0 Å². The number of ether oxygens (including phenoxy) is 1. The normalized spacial score (nSPS) is 18.4. The highest BCUT2D eigenvalue weighted by molar-refractivity contribution is 5.98. The van der Waals surface area contributed by atoms with Crippen LogP contribution >= 0.6 is 0 Å². The summed E-state index contributed by atoms with van der Waals surface area (Å²) in [4.78, 5) is 26.5. The van der Waals surface area contributed by atoms with E-state index in [-0.39, 0.29) is 17.5 Å². The van der Waals surface area contributed by atoms with Crippen LogP contribution in [0.1, 0.15) is 34.0 Å². The Bertz CT molecular complexity index is 1140. The second kappa shape index (κ2) is 8.49. The van der Waals surface area contributed by atoms with E-state index in [0.717, 1.165) is 48.9 Å². The number of phenols is 1. The molecule has 1 saturated heterocycles. The predicted octanol–water partition coefficient (Wildman–Crippen LogP) is 3.43. The summed E-state index contributed by atoms with van der Waals surface area (Å²) in [5, 5.41) is 10.2. The Morgan fingerprint density at radius 3 is 2.56 bits per heavy atom. The molecule has 0 amide bonds. The number of ketones is 1. The van der Waals surface area contributed by atoms with Crippen LogP contribution in [0.25, 0.3) is 0 Å². The van der Waals surface area contributed by atoms with Crippen molar-refractivity contribution in [2.24, 2.45) is 0 Å². The maximum Gasteiger partial charge on any atom is 0.225 e. The van der Waals surface area contributed by atoms with E-state index in [2.05, 4.69) is 26.9 Å². The molecule has 3 aromatic rings. The summed E-state index contributed by atoms with van der Waals surface area (Å²) >= 11 is 0. The van der Waals surface area contributed by atoms with Gasteiger partial charge in [0, 0.05) is 56.5 Å². The number of phenolic OH excluding ortho intramolecular Hbond substituents is 1. The smallest absolute Gasteiger partial charge is 0.225 e. The summed E-state index contributed by atoms with van der Waals surface area (Å²) in [6.07, 6.45) is 2.67. The fourth-order valence-electron chi connectivity index (χ4n) is 4.61. The van der Waals surface area contributed by atoms with Gasteiger partial charge in [-0.1, -0.05) is 24.3 Å². The van der Waals surface area contributed by atoms with Crippen LogP contribution in [0, 0.1) is 0 Å². The number of Topliss-reactive ketones (excluding diaryl/α,β-unsaturated/α-hetero) is 1. The highest BCUT2D eigenvalue weighted by Gasteiger charge is 2.30. The minimum atomic E-state index is -0.0659. The molecular formula is C25H26N4O3. The molecule has 1 N–H and O–H groups in total. The molecule has 32 heavy (non-hydrogen) atoms. The standard InChI is InChI=1S/C25H26N4O3/c1-32-19-6-4-5-18(15-19)28-9-11-29(12-10-28)25-26-16-21-22(27-25)13-17(14-24(21)31)20-7-2-3-8-23(20)30/h2-8,15-17,30H,9-14H2,1H3/t17-/m0/s1. The van der Waals surface area contributed by atoms with Gasteiger partial charge in [0.15, 0.2) is 5.78 Å². The van der Waals surface area contributed by atoms with E-state index in [0.29, 0.717) is 24.4 Å². The lowest BCUT2D eigenvalue weighted by atomic mass is 9.82. The largest absolute Gasteiger partial charge is 0.508 e. The van der Waals surface area contributed by atoms with Crippen molar-refractivity contribution in [2.75, 3.05) is 43.1 Å². The molecule has 0 saturated carbocycles. The minimum Gasteiger partial charge on any atom is -0.508 e. The molecule has 164 valence electrons. The number of anilines is 2. The zero-order valence-electron chi connectivity index (χ0n) is 18.1. The third-order valence-corrected chi connectivity index (χ3v) is 6.38. The Balaban J connectivity index is 1.32. The van der Waals surface area contributed by atoms with E-state index in [1.807, 2.05) is 24.3 Å². The molecular weight excluding hydrogens is 404 g/mol. The van der Waals surface area contributed by atoms with Crippen molar-refractivity contribution >= 4 is 17.4 Å². The van der Waals surface area contributed by atoms with Crippen LogP contribution in [0.2, 0.25) is 0 Å². The van der Waals surface area contributed by atoms with Gasteiger partial charge in [0.2, 0.25) is 5.95 Å². The molecule has 1 aliphatic carbocycles. The van der Waals surface area contributed by atoms with Crippen molar-refractivity contribution in [2.45, 2.75) is 18.8 Å². The van der Waals surface area contributed by atoms with Gasteiger partial charge < -0.3 is 19.6 Å². The molecule has 5 rings (SSSR count). The SMILES string of the molecule is COc1cccc(N2CCN(c3ncc4c(n3)C[C@H](c3ccccc3O)CC4=O)CC2)c1. The number of nitrogens with zero attached hydrogens (tertiary/aromatic N) is 4. The number of aromatic hydroxyl groups is 1. The lowest BCUT2D eigenvalue weighted by Crippen LogP contribution is -2.47. The quantitative estimate of drug-likeness (QED) is 0.679. The number of piperazine rings is 1. The zero-order chi connectivity index (χ0) is 22.1. The molecule has 2 aliphatic rings. The number of aromatic nitrogens is 2. The Hall–Kier alpha value is -3.61. The van der Waals surface area contributed by atoms with E-state index >= 15 is 0 Å². The first kappa shape index (κ1) is 20.3. The molecule has 0 spiro atoms. The Labute approximate surface area is 187 Å². The van der Waals surface area contributed by atoms with Crippen molar-refractivity contribution in [3.8, 4) is 11.5 Å². The van der Waals surface area contributed by atoms with Gasteiger partial charge >= 0.3 is 0 Å². The molecule has 7 heteroatoms. The van der Waals surface area contributed by atoms with E-state index in [4.69, 9.17) is 9.72 Å². The van der Waals surface area contributed by atoms with Crippen molar-refractivity contribution in [3.05, 3.63) is 71.5 Å². The number of carbonyl (C=O) groups excluding carboxylic acids is 1. The van der Waals surface area contributed by atoms with Crippen molar-refractivity contribution < 1.29 is 14.6 Å². The van der Waals surface area contributed by atoms with Gasteiger partial charge in [-0.2, -0.15) is 0 Å². The van der Waals surface area contributed by atoms with Crippen molar-refractivity contribution in [1.82, 2.24) is 9.97 Å². The average Bonchev–Trinajstić information content (AvgIpc) is 2.84. The number of rotatable bonds is 4. The Morgan fingerprint density at radius 2 is 1.78 bits per heavy atom. The molecule has 2 aromatic carbocycles. The summed E-state index contributed by atoms with van der Waals surface area (Å²) in [5.41, 5.74) is 3.33. The van der Waals surface area contributed by atoms with Crippen LogP contribution in [0.5, 0.6) is 11.5 Å². The number of hydrogen-bond acceptors (Lipinski definition) is 7. The first-order valence-corrected chi connectivity index (χ1v) is 10.9. The molecule has 7 nitrogen and oxygen atoms in total. The fraction of sp³-hybridized carbons (Fsp3) is 0.320. The molecule has 1 atom stereocenters. The van der Waals surface area contributed by atoms with Crippen LogP contribution < -0.4 is 14.5 Å². The Morgan fingerprint density at radius 1 is 1.00 bits per heavy atom. The molecule has 2 heterocycles. The number of para-hydroxylation sites is 1. The van der Waals surface area contributed by atoms with Crippen LogP contribution in [0.4, 0.5) is 11.6 Å². The highest BCUT2D eigenvalue weighted by Crippen LogP contribution is 2.36. The molecule has 0 radical (unpaired) electrons. The molecule has 0 bridgehead atoms. The van der Waals surface area contributed by atoms with Gasteiger partial charge in [-0.3, -0.25) is 4.79 Å². The summed E-state index contributed by atoms with van der Waals surface area (Å²) in [7, 11) is 1.68. The van der Waals surface area contributed by atoms with E-state index in [9.17, 15) is 9.90 Å². The summed E-state index contributed by atoms with van der Waals surface area (Å²) in [6, 6.07) is 15.3. The third-order valence-electron chi connectivity index (χ3n) is 6.38. The Kier molecular flexibility index (Phi) is 5.39. The summed E-state index contributed by atoms with van der Waals surface area (Å²) in [6.45, 7) is 3.31. The van der Waals surface area contributed by atoms with Gasteiger partial charge in [-0.15, -0.1) is 0 Å². The topological polar surface area (TPSA) is 78.8 Å². The number of benzene rings is 2. The zero-order valence-corrected chi connectivity index (χ0v) is 18.1. The number of methoxy groups -OCH3 is 1. The van der Waals surface area contributed by atoms with Crippen LogP contribution in [-0.2, 0) is 6.42 Å². The van der Waals surface area contributed by atoms with Gasteiger partial charge in [0.05, 0.1) is 18.4 Å². The summed E-state index contributed by atoms with van der Waals surface area (Å²) in [5.74, 6) is 1.72. The summed E-state index contributed by atoms with van der Waals surface area (Å²) < 4.78 is 5.35. The van der Waals surface area contributed by atoms with E-state index in [1.165, 1.54) is 0 Å². The predicted molar refractivity (Wildman–Crippen MR) is 123 cm³/mol. The van der Waals surface area contributed by atoms with Gasteiger partial charge in [-0.05, 0) is 30.2 Å². The second-order valence-electron chi connectivity index (χ2n) is 8.29. The van der Waals surface area contributed by atoms with Crippen molar-refractivity contribution in [1.29, 1.82) is 0 Å². The van der Waals surface area contributed by atoms with Gasteiger partial charge in [-0.25, -0.2) is 9.97 Å². The molecule has 0 unspecified atom stereocenters. The highest BCUT2D eigenvalue weighted by atomic mass is 16.5. The third kappa shape index (κ3) is 3.86. The lowest BCUT2D eigenvalue weighted by Gasteiger charge is -2.36. The van der Waals surface area contributed by atoms with Crippen LogP contribution in [-0.4, -0.2) is 54.1 Å². The number of hydrogen-bond donors (Lipinski definition) is 1. The van der Waals surface area contributed by atoms with Gasteiger partial charge in [0.25, 0.3) is 0 Å². The first-order valence-electron chi connectivity index (χ1n) is 10.9. The average molecular weight is 431 g/mol.